The fourth-order valence-corrected chi connectivity index (χ4v) is 5.74. The summed E-state index contributed by atoms with van der Waals surface area (Å²) in [6, 6.07) is 6.70. The average molecular weight is 549 g/mol. The van der Waals surface area contributed by atoms with Crippen LogP contribution in [0.1, 0.15) is 58.5 Å². The molecule has 3 heterocycles. The van der Waals surface area contributed by atoms with Crippen LogP contribution in [0.25, 0.3) is 0 Å². The van der Waals surface area contributed by atoms with Gasteiger partial charge >= 0.3 is 6.18 Å². The summed E-state index contributed by atoms with van der Waals surface area (Å²) < 4.78 is 49.8. The van der Waals surface area contributed by atoms with Crippen LogP contribution in [-0.4, -0.2) is 91.2 Å². The predicted molar refractivity (Wildman–Crippen MR) is 143 cm³/mol. The van der Waals surface area contributed by atoms with Gasteiger partial charge in [0.15, 0.2) is 0 Å². The largest absolute Gasteiger partial charge is 0.493 e. The number of amides is 1. The van der Waals surface area contributed by atoms with E-state index in [4.69, 9.17) is 9.47 Å². The molecule has 10 heteroatoms. The van der Waals surface area contributed by atoms with Crippen molar-refractivity contribution in [2.75, 3.05) is 53.6 Å². The summed E-state index contributed by atoms with van der Waals surface area (Å²) in [7, 11) is 3.79. The van der Waals surface area contributed by atoms with Gasteiger partial charge in [-0.2, -0.15) is 13.2 Å². The van der Waals surface area contributed by atoms with Crippen LogP contribution in [0, 0.1) is 13.8 Å². The van der Waals surface area contributed by atoms with Gasteiger partial charge < -0.3 is 19.3 Å². The summed E-state index contributed by atoms with van der Waals surface area (Å²) in [5.74, 6) is 0.605. The molecular weight excluding hydrogens is 509 g/mol. The van der Waals surface area contributed by atoms with Gasteiger partial charge in [0.05, 0.1) is 18.8 Å². The molecule has 0 aliphatic carbocycles. The van der Waals surface area contributed by atoms with Crippen LogP contribution >= 0.6 is 0 Å². The minimum atomic E-state index is -4.47. The summed E-state index contributed by atoms with van der Waals surface area (Å²) >= 11 is 0. The third-order valence-corrected chi connectivity index (χ3v) is 8.20. The maximum atomic E-state index is 13.0. The van der Waals surface area contributed by atoms with Gasteiger partial charge in [-0.05, 0) is 75.5 Å². The molecule has 1 aromatic carbocycles. The van der Waals surface area contributed by atoms with Gasteiger partial charge in [-0.3, -0.25) is 14.7 Å². The average Bonchev–Trinajstić information content (AvgIpc) is 3.52. The van der Waals surface area contributed by atoms with E-state index < -0.39 is 11.7 Å². The van der Waals surface area contributed by atoms with E-state index in [0.717, 1.165) is 62.7 Å². The summed E-state index contributed by atoms with van der Waals surface area (Å²) in [5, 5.41) is 0. The number of methoxy groups -OCH3 is 1. The first-order valence-corrected chi connectivity index (χ1v) is 13.5. The third-order valence-electron chi connectivity index (χ3n) is 8.20. The summed E-state index contributed by atoms with van der Waals surface area (Å²) in [5.41, 5.74) is 2.80. The van der Waals surface area contributed by atoms with Gasteiger partial charge in [0.1, 0.15) is 11.4 Å². The van der Waals surface area contributed by atoms with Crippen LogP contribution in [0.3, 0.4) is 0 Å². The number of aromatic nitrogens is 1. The van der Waals surface area contributed by atoms with Crippen molar-refractivity contribution in [3.05, 3.63) is 58.4 Å². The first kappa shape index (κ1) is 29.3. The molecule has 2 aliphatic heterocycles. The number of carbonyl (C=O) groups is 1. The molecule has 4 rings (SSSR count). The molecule has 39 heavy (non-hydrogen) atoms. The molecule has 1 amide bonds. The summed E-state index contributed by atoms with van der Waals surface area (Å²) in [4.78, 5) is 23.3. The van der Waals surface area contributed by atoms with Crippen molar-refractivity contribution in [2.24, 2.45) is 0 Å². The Balaban J connectivity index is 1.33. The van der Waals surface area contributed by atoms with E-state index in [-0.39, 0.29) is 29.7 Å². The number of nitrogens with zero attached hydrogens (tertiary/aromatic N) is 4. The number of hydrogen-bond acceptors (Lipinski definition) is 6. The number of hydrogen-bond donors (Lipinski definition) is 0. The second kappa shape index (κ2) is 12.2. The van der Waals surface area contributed by atoms with Crippen molar-refractivity contribution >= 4 is 5.91 Å². The van der Waals surface area contributed by atoms with Gasteiger partial charge in [-0.15, -0.1) is 0 Å². The predicted octanol–water partition coefficient (Wildman–Crippen LogP) is 4.72. The highest BCUT2D eigenvalue weighted by atomic mass is 19.4. The Morgan fingerprint density at radius 3 is 2.49 bits per heavy atom. The molecule has 1 aromatic heterocycles. The van der Waals surface area contributed by atoms with E-state index in [2.05, 4.69) is 54.7 Å². The molecule has 2 aliphatic rings. The SMILES string of the molecule is COCCN(C)CCCOc1ccc([C@H](C)N2C[C@@H]3C[C@H]2CN3C(=O)c2ccc(C(F)(F)F)cn2)c(C)c1C. The Morgan fingerprint density at radius 2 is 1.87 bits per heavy atom. The number of likely N-dealkylation sites (tertiary alicyclic amines) is 2. The molecule has 2 saturated heterocycles. The highest BCUT2D eigenvalue weighted by molar-refractivity contribution is 5.93. The Kier molecular flexibility index (Phi) is 9.18. The number of halogens is 3. The van der Waals surface area contributed by atoms with Gasteiger partial charge in [0.25, 0.3) is 5.91 Å². The molecule has 0 saturated carbocycles. The van der Waals surface area contributed by atoms with Crippen molar-refractivity contribution in [3.8, 4) is 5.75 Å². The van der Waals surface area contributed by atoms with E-state index in [1.165, 1.54) is 17.2 Å². The lowest BCUT2D eigenvalue weighted by atomic mass is 9.96. The Morgan fingerprint density at radius 1 is 1.10 bits per heavy atom. The second-order valence-corrected chi connectivity index (χ2v) is 10.7. The quantitative estimate of drug-likeness (QED) is 0.379. The van der Waals surface area contributed by atoms with Gasteiger partial charge in [0, 0.05) is 57.6 Å². The Bertz CT molecular complexity index is 1140. The number of rotatable bonds is 11. The molecule has 214 valence electrons. The van der Waals surface area contributed by atoms with Crippen LogP contribution in [0.4, 0.5) is 13.2 Å². The minimum Gasteiger partial charge on any atom is -0.493 e. The zero-order valence-corrected chi connectivity index (χ0v) is 23.4. The molecule has 2 bridgehead atoms. The zero-order chi connectivity index (χ0) is 28.3. The number of benzene rings is 1. The van der Waals surface area contributed by atoms with Crippen molar-refractivity contribution in [1.29, 1.82) is 0 Å². The topological polar surface area (TPSA) is 58.1 Å². The highest BCUT2D eigenvalue weighted by Crippen LogP contribution is 2.39. The van der Waals surface area contributed by atoms with Crippen LogP contribution in [0.2, 0.25) is 0 Å². The van der Waals surface area contributed by atoms with Crippen LogP contribution < -0.4 is 4.74 Å². The first-order chi connectivity index (χ1) is 18.5. The summed E-state index contributed by atoms with van der Waals surface area (Å²) in [6.45, 7) is 10.9. The van der Waals surface area contributed by atoms with Crippen LogP contribution in [0.15, 0.2) is 30.5 Å². The van der Waals surface area contributed by atoms with E-state index in [1.807, 2.05) is 0 Å². The van der Waals surface area contributed by atoms with E-state index in [1.54, 1.807) is 12.0 Å². The van der Waals surface area contributed by atoms with Crippen molar-refractivity contribution in [3.63, 3.8) is 0 Å². The molecule has 2 aromatic rings. The van der Waals surface area contributed by atoms with Crippen molar-refractivity contribution in [1.82, 2.24) is 19.7 Å². The lowest BCUT2D eigenvalue weighted by molar-refractivity contribution is -0.137. The number of likely N-dealkylation sites (N-methyl/N-ethyl adjacent to an activating group) is 1. The number of pyridine rings is 1. The second-order valence-electron chi connectivity index (χ2n) is 10.7. The fraction of sp³-hybridized carbons (Fsp3) is 0.586. The normalized spacial score (nSPS) is 20.2. The van der Waals surface area contributed by atoms with Gasteiger partial charge in [0.2, 0.25) is 0 Å². The van der Waals surface area contributed by atoms with Gasteiger partial charge in [-0.25, -0.2) is 0 Å². The standard InChI is InChI=1S/C29H39F3N4O3/c1-19-20(2)27(39-13-6-11-34(4)12-14-38-5)10-8-25(19)21(3)35-17-24-15-23(35)18-36(24)28(37)26-9-7-22(16-33-26)29(30,31)32/h7-10,16,21,23-24H,6,11-15,17-18H2,1-5H3/t21-,23-,24-/m0/s1. The minimum absolute atomic E-state index is 0.0278. The molecule has 0 unspecified atom stereocenters. The van der Waals surface area contributed by atoms with Crippen molar-refractivity contribution in [2.45, 2.75) is 57.9 Å². The Hall–Kier alpha value is -2.69. The molecular formula is C29H39F3N4O3. The fourth-order valence-electron chi connectivity index (χ4n) is 5.74. The van der Waals surface area contributed by atoms with E-state index in [9.17, 15) is 18.0 Å². The zero-order valence-electron chi connectivity index (χ0n) is 23.4. The monoisotopic (exact) mass is 548 g/mol. The number of fused-ring (bicyclic) bond motifs is 2. The molecule has 3 atom stereocenters. The van der Waals surface area contributed by atoms with E-state index >= 15 is 0 Å². The number of alkyl halides is 3. The maximum Gasteiger partial charge on any atom is 0.417 e. The molecule has 0 spiro atoms. The number of ether oxygens (including phenoxy) is 2. The van der Waals surface area contributed by atoms with Crippen LogP contribution in [0.5, 0.6) is 5.75 Å². The van der Waals surface area contributed by atoms with E-state index in [0.29, 0.717) is 13.2 Å². The lowest BCUT2D eigenvalue weighted by Gasteiger charge is -2.38. The number of piperazine rings is 1. The summed E-state index contributed by atoms with van der Waals surface area (Å²) in [6.07, 6.45) is -1.95. The number of carbonyl (C=O) groups excluding carboxylic acids is 1. The highest BCUT2D eigenvalue weighted by Gasteiger charge is 2.47. The van der Waals surface area contributed by atoms with Crippen molar-refractivity contribution < 1.29 is 27.4 Å². The molecule has 0 N–H and O–H groups in total. The molecule has 0 radical (unpaired) electrons. The Labute approximate surface area is 228 Å². The lowest BCUT2D eigenvalue weighted by Crippen LogP contribution is -2.49. The maximum absolute atomic E-state index is 13.0. The smallest absolute Gasteiger partial charge is 0.417 e. The first-order valence-electron chi connectivity index (χ1n) is 13.5. The third kappa shape index (κ3) is 6.56. The van der Waals surface area contributed by atoms with Crippen LogP contribution in [-0.2, 0) is 10.9 Å². The molecule has 2 fully saturated rings. The van der Waals surface area contributed by atoms with Gasteiger partial charge in [-0.1, -0.05) is 6.07 Å². The molecule has 7 nitrogen and oxygen atoms in total.